The molecule has 0 atom stereocenters. The number of imide groups is 1. The van der Waals surface area contributed by atoms with E-state index in [1.54, 1.807) is 18.2 Å². The molecule has 10 heteroatoms. The number of amides is 2. The summed E-state index contributed by atoms with van der Waals surface area (Å²) in [5, 5.41) is 8.02. The average Bonchev–Trinajstić information content (AvgIpc) is 3.21. The molecular formula is C18H17BrN4O5. The van der Waals surface area contributed by atoms with E-state index in [1.165, 1.54) is 4.90 Å². The van der Waals surface area contributed by atoms with Gasteiger partial charge in [0.05, 0.1) is 17.7 Å². The second-order valence-electron chi connectivity index (χ2n) is 6.45. The molecule has 146 valence electrons. The highest BCUT2D eigenvalue weighted by atomic mass is 79.9. The molecule has 0 unspecified atom stereocenters. The minimum Gasteiger partial charge on any atom is -0.457 e. The van der Waals surface area contributed by atoms with E-state index in [9.17, 15) is 14.4 Å². The zero-order valence-electron chi connectivity index (χ0n) is 14.9. The number of hydrogen-bond acceptors (Lipinski definition) is 7. The molecule has 0 N–H and O–H groups in total. The largest absolute Gasteiger partial charge is 0.457 e. The Kier molecular flexibility index (Phi) is 5.23. The van der Waals surface area contributed by atoms with E-state index in [0.717, 1.165) is 10.3 Å². The molecule has 0 saturated carbocycles. The van der Waals surface area contributed by atoms with Gasteiger partial charge in [0.1, 0.15) is 6.61 Å². The Morgan fingerprint density at radius 1 is 1.21 bits per heavy atom. The third kappa shape index (κ3) is 3.57. The lowest BCUT2D eigenvalue weighted by Gasteiger charge is -2.15. The molecule has 3 heterocycles. The average molecular weight is 449 g/mol. The highest BCUT2D eigenvalue weighted by Crippen LogP contribution is 2.26. The number of hydrogen-bond donors (Lipinski definition) is 0. The van der Waals surface area contributed by atoms with Crippen molar-refractivity contribution in [2.24, 2.45) is 0 Å². The number of carbonyl (C=O) groups excluding carboxylic acids is 3. The highest BCUT2D eigenvalue weighted by Gasteiger charge is 2.35. The van der Waals surface area contributed by atoms with Crippen molar-refractivity contribution in [2.75, 3.05) is 13.2 Å². The minimum absolute atomic E-state index is 0.0346. The summed E-state index contributed by atoms with van der Waals surface area (Å²) in [5.74, 6) is 0.209. The van der Waals surface area contributed by atoms with E-state index in [4.69, 9.17) is 9.47 Å². The monoisotopic (exact) mass is 448 g/mol. The van der Waals surface area contributed by atoms with Crippen molar-refractivity contribution in [2.45, 2.75) is 32.6 Å². The van der Waals surface area contributed by atoms with Crippen LogP contribution in [0.1, 0.15) is 45.2 Å². The van der Waals surface area contributed by atoms with Gasteiger partial charge in [-0.05, 0) is 24.6 Å². The fourth-order valence-electron chi connectivity index (χ4n) is 3.23. The van der Waals surface area contributed by atoms with Crippen LogP contribution in [0, 0.1) is 0 Å². The van der Waals surface area contributed by atoms with Crippen molar-refractivity contribution < 1.29 is 23.9 Å². The topological polar surface area (TPSA) is 104 Å². The summed E-state index contributed by atoms with van der Waals surface area (Å²) in [4.78, 5) is 37.9. The SMILES string of the molecule is O=C(CCCN1C(=O)c2ccc(Br)cc2C1=O)OCc1nnc2n1CCOC2. The molecule has 0 saturated heterocycles. The Balaban J connectivity index is 1.26. The molecule has 0 spiro atoms. The quantitative estimate of drug-likeness (QED) is 0.489. The van der Waals surface area contributed by atoms with E-state index in [0.29, 0.717) is 43.1 Å². The summed E-state index contributed by atoms with van der Waals surface area (Å²) >= 11 is 3.30. The Morgan fingerprint density at radius 3 is 2.89 bits per heavy atom. The van der Waals surface area contributed by atoms with Gasteiger partial charge in [0, 0.05) is 24.0 Å². The number of rotatable bonds is 6. The van der Waals surface area contributed by atoms with Gasteiger partial charge in [-0.2, -0.15) is 0 Å². The summed E-state index contributed by atoms with van der Waals surface area (Å²) in [6, 6.07) is 4.98. The van der Waals surface area contributed by atoms with Crippen molar-refractivity contribution >= 4 is 33.7 Å². The minimum atomic E-state index is -0.413. The highest BCUT2D eigenvalue weighted by molar-refractivity contribution is 9.10. The van der Waals surface area contributed by atoms with Crippen molar-refractivity contribution in [3.05, 3.63) is 45.4 Å². The normalized spacial score (nSPS) is 15.5. The van der Waals surface area contributed by atoms with Crippen LogP contribution in [0.25, 0.3) is 0 Å². The molecule has 1 aromatic carbocycles. The van der Waals surface area contributed by atoms with E-state index in [1.807, 2.05) is 4.57 Å². The van der Waals surface area contributed by atoms with Crippen LogP contribution < -0.4 is 0 Å². The molecule has 2 amide bonds. The molecule has 2 aromatic rings. The Labute approximate surface area is 168 Å². The molecule has 0 fully saturated rings. The maximum absolute atomic E-state index is 12.4. The van der Waals surface area contributed by atoms with Gasteiger partial charge in [0.25, 0.3) is 11.8 Å². The number of carbonyl (C=O) groups is 3. The van der Waals surface area contributed by atoms with E-state index >= 15 is 0 Å². The number of benzene rings is 1. The van der Waals surface area contributed by atoms with Gasteiger partial charge in [-0.3, -0.25) is 19.3 Å². The molecule has 4 rings (SSSR count). The molecule has 2 aliphatic rings. The molecular weight excluding hydrogens is 432 g/mol. The third-order valence-corrected chi connectivity index (χ3v) is 5.15. The lowest BCUT2D eigenvalue weighted by Crippen LogP contribution is -2.31. The third-order valence-electron chi connectivity index (χ3n) is 4.65. The van der Waals surface area contributed by atoms with Gasteiger partial charge in [0.15, 0.2) is 18.3 Å². The predicted octanol–water partition coefficient (Wildman–Crippen LogP) is 1.69. The molecule has 9 nitrogen and oxygen atoms in total. The van der Waals surface area contributed by atoms with Crippen LogP contribution >= 0.6 is 15.9 Å². The maximum atomic E-state index is 12.4. The maximum Gasteiger partial charge on any atom is 0.306 e. The number of halogens is 1. The first-order chi connectivity index (χ1) is 13.5. The summed E-state index contributed by atoms with van der Waals surface area (Å²) in [7, 11) is 0. The van der Waals surface area contributed by atoms with Gasteiger partial charge in [-0.1, -0.05) is 15.9 Å². The second-order valence-corrected chi connectivity index (χ2v) is 7.37. The lowest BCUT2D eigenvalue weighted by atomic mass is 10.1. The first-order valence-electron chi connectivity index (χ1n) is 8.84. The van der Waals surface area contributed by atoms with Gasteiger partial charge < -0.3 is 14.0 Å². The second kappa shape index (κ2) is 7.80. The van der Waals surface area contributed by atoms with Gasteiger partial charge >= 0.3 is 5.97 Å². The van der Waals surface area contributed by atoms with Gasteiger partial charge in [-0.25, -0.2) is 0 Å². The molecule has 0 aliphatic carbocycles. The summed E-state index contributed by atoms with van der Waals surface area (Å²) < 4.78 is 13.2. The molecule has 0 bridgehead atoms. The smallest absolute Gasteiger partial charge is 0.306 e. The van der Waals surface area contributed by atoms with Crippen LogP contribution in [0.15, 0.2) is 22.7 Å². The van der Waals surface area contributed by atoms with Crippen LogP contribution in [0.3, 0.4) is 0 Å². The van der Waals surface area contributed by atoms with E-state index in [2.05, 4.69) is 26.1 Å². The Hall–Kier alpha value is -2.59. The summed E-state index contributed by atoms with van der Waals surface area (Å²) in [6.07, 6.45) is 0.429. The fourth-order valence-corrected chi connectivity index (χ4v) is 3.59. The Bertz CT molecular complexity index is 957. The van der Waals surface area contributed by atoms with Crippen LogP contribution in [-0.2, 0) is 34.0 Å². The van der Waals surface area contributed by atoms with Crippen molar-refractivity contribution in [3.63, 3.8) is 0 Å². The first-order valence-corrected chi connectivity index (χ1v) is 9.64. The zero-order valence-corrected chi connectivity index (χ0v) is 16.5. The molecule has 2 aliphatic heterocycles. The van der Waals surface area contributed by atoms with E-state index < -0.39 is 5.97 Å². The molecule has 28 heavy (non-hydrogen) atoms. The lowest BCUT2D eigenvalue weighted by molar-refractivity contribution is -0.145. The van der Waals surface area contributed by atoms with E-state index in [-0.39, 0.29) is 31.4 Å². The summed E-state index contributed by atoms with van der Waals surface area (Å²) in [6.45, 7) is 1.80. The zero-order chi connectivity index (χ0) is 19.7. The number of aromatic nitrogens is 3. The first kappa shape index (κ1) is 18.8. The number of esters is 1. The van der Waals surface area contributed by atoms with Crippen LogP contribution in [0.2, 0.25) is 0 Å². The molecule has 1 aromatic heterocycles. The van der Waals surface area contributed by atoms with Crippen LogP contribution in [0.5, 0.6) is 0 Å². The van der Waals surface area contributed by atoms with Gasteiger partial charge in [0.2, 0.25) is 0 Å². The number of fused-ring (bicyclic) bond motifs is 2. The predicted molar refractivity (Wildman–Crippen MR) is 98.2 cm³/mol. The standard InChI is InChI=1S/C18H17BrN4O5/c19-11-3-4-12-13(8-11)18(26)23(17(12)25)5-1-2-16(24)28-10-15-21-20-14-9-27-7-6-22(14)15/h3-4,8H,1-2,5-7,9-10H2. The Morgan fingerprint density at radius 2 is 2.04 bits per heavy atom. The number of ether oxygens (including phenoxy) is 2. The van der Waals surface area contributed by atoms with Crippen molar-refractivity contribution in [1.29, 1.82) is 0 Å². The van der Waals surface area contributed by atoms with Crippen molar-refractivity contribution in [1.82, 2.24) is 19.7 Å². The summed E-state index contributed by atoms with van der Waals surface area (Å²) in [5.41, 5.74) is 0.763. The molecule has 0 radical (unpaired) electrons. The van der Waals surface area contributed by atoms with Crippen LogP contribution in [0.4, 0.5) is 0 Å². The fraction of sp³-hybridized carbons (Fsp3) is 0.389. The van der Waals surface area contributed by atoms with Crippen LogP contribution in [-0.4, -0.2) is 50.6 Å². The van der Waals surface area contributed by atoms with Crippen molar-refractivity contribution in [3.8, 4) is 0 Å². The van der Waals surface area contributed by atoms with Gasteiger partial charge in [-0.15, -0.1) is 10.2 Å². The number of nitrogens with zero attached hydrogens (tertiary/aromatic N) is 4.